The Balaban J connectivity index is 1.89. The molecule has 3 heterocycles. The smallest absolute Gasteiger partial charge is 0.481 e. The Kier molecular flexibility index (Phi) is 4.42. The van der Waals surface area contributed by atoms with Crippen molar-refractivity contribution in [3.05, 3.63) is 17.8 Å². The highest BCUT2D eigenvalue weighted by molar-refractivity contribution is 6.62. The van der Waals surface area contributed by atoms with E-state index in [-0.39, 0.29) is 17.3 Å². The van der Waals surface area contributed by atoms with Crippen molar-refractivity contribution < 1.29 is 18.8 Å². The van der Waals surface area contributed by atoms with E-state index in [0.29, 0.717) is 5.88 Å². The molecule has 0 bridgehead atoms. The average molecular weight is 319 g/mol. The Morgan fingerprint density at radius 2 is 1.87 bits per heavy atom. The number of nitrogens with zero attached hydrogens (tertiary/aromatic N) is 1. The maximum Gasteiger partial charge on any atom is 0.496 e. The molecule has 1 unspecified atom stereocenters. The molecule has 23 heavy (non-hydrogen) atoms. The first-order valence-electron chi connectivity index (χ1n) is 8.35. The van der Waals surface area contributed by atoms with Crippen LogP contribution in [0.15, 0.2) is 12.3 Å². The van der Waals surface area contributed by atoms with Gasteiger partial charge in [-0.05, 0) is 53.0 Å². The molecule has 2 aliphatic rings. The molecule has 1 atom stereocenters. The summed E-state index contributed by atoms with van der Waals surface area (Å²) in [6.45, 7) is 8.99. The highest BCUT2D eigenvalue weighted by atomic mass is 16.7. The quantitative estimate of drug-likeness (QED) is 0.802. The number of aromatic nitrogens is 1. The lowest BCUT2D eigenvalue weighted by atomic mass is 9.79. The minimum Gasteiger partial charge on any atom is -0.481 e. The summed E-state index contributed by atoms with van der Waals surface area (Å²) in [7, 11) is 1.23. The average Bonchev–Trinajstić information content (AvgIpc) is 2.75. The third-order valence-corrected chi connectivity index (χ3v) is 5.15. The Morgan fingerprint density at radius 1 is 1.17 bits per heavy atom. The van der Waals surface area contributed by atoms with Crippen molar-refractivity contribution >= 4 is 12.6 Å². The van der Waals surface area contributed by atoms with Crippen molar-refractivity contribution in [1.82, 2.24) is 4.98 Å². The number of methoxy groups -OCH3 is 1. The topological polar surface area (TPSA) is 49.8 Å². The molecular weight excluding hydrogens is 293 g/mol. The molecule has 1 aromatic heterocycles. The lowest BCUT2D eigenvalue weighted by molar-refractivity contribution is 0.00578. The summed E-state index contributed by atoms with van der Waals surface area (Å²) in [5, 5.41) is 0. The van der Waals surface area contributed by atoms with Gasteiger partial charge in [0.15, 0.2) is 0 Å². The third kappa shape index (κ3) is 3.12. The van der Waals surface area contributed by atoms with E-state index in [1.165, 1.54) is 0 Å². The second-order valence-corrected chi connectivity index (χ2v) is 7.31. The van der Waals surface area contributed by atoms with Gasteiger partial charge in [0.2, 0.25) is 5.88 Å². The van der Waals surface area contributed by atoms with Crippen molar-refractivity contribution in [2.75, 3.05) is 13.7 Å². The standard InChI is InChI=1S/C17H26BNO4/c1-16(2)17(3,4)23-18(22-16)12-10-13(15(20-5)19-11-12)14-8-6-7-9-21-14/h10-11,14H,6-9H2,1-5H3. The van der Waals surface area contributed by atoms with Crippen molar-refractivity contribution in [2.24, 2.45) is 0 Å². The molecule has 0 N–H and O–H groups in total. The zero-order chi connectivity index (χ0) is 16.7. The Hall–Kier alpha value is -1.11. The van der Waals surface area contributed by atoms with Gasteiger partial charge in [0.1, 0.15) is 0 Å². The van der Waals surface area contributed by atoms with Gasteiger partial charge in [-0.1, -0.05) is 0 Å². The molecule has 5 nitrogen and oxygen atoms in total. The van der Waals surface area contributed by atoms with E-state index in [0.717, 1.165) is 36.9 Å². The molecule has 0 spiro atoms. The minimum absolute atomic E-state index is 0.0357. The third-order valence-electron chi connectivity index (χ3n) is 5.15. The van der Waals surface area contributed by atoms with Crippen LogP contribution in [0, 0.1) is 0 Å². The first-order chi connectivity index (χ1) is 10.8. The van der Waals surface area contributed by atoms with E-state index in [9.17, 15) is 0 Å². The van der Waals surface area contributed by atoms with Crippen molar-refractivity contribution in [2.45, 2.75) is 64.3 Å². The van der Waals surface area contributed by atoms with Gasteiger partial charge >= 0.3 is 7.12 Å². The second-order valence-electron chi connectivity index (χ2n) is 7.31. The lowest BCUT2D eigenvalue weighted by Gasteiger charge is -2.32. The van der Waals surface area contributed by atoms with Gasteiger partial charge in [0, 0.05) is 23.8 Å². The summed E-state index contributed by atoms with van der Waals surface area (Å²) in [5.74, 6) is 0.622. The summed E-state index contributed by atoms with van der Waals surface area (Å²) >= 11 is 0. The van der Waals surface area contributed by atoms with Crippen LogP contribution >= 0.6 is 0 Å². The summed E-state index contributed by atoms with van der Waals surface area (Å²) in [4.78, 5) is 4.45. The molecule has 0 radical (unpaired) electrons. The number of ether oxygens (including phenoxy) is 2. The fourth-order valence-electron chi connectivity index (χ4n) is 2.98. The SMILES string of the molecule is COc1ncc(B2OC(C)(C)C(C)(C)O2)cc1C1CCCCO1. The van der Waals surface area contributed by atoms with Gasteiger partial charge in [-0.15, -0.1) is 0 Å². The van der Waals surface area contributed by atoms with Crippen LogP contribution < -0.4 is 10.2 Å². The van der Waals surface area contributed by atoms with Gasteiger partial charge in [0.25, 0.3) is 0 Å². The summed E-state index contributed by atoms with van der Waals surface area (Å²) < 4.78 is 23.6. The molecule has 6 heteroatoms. The molecule has 126 valence electrons. The number of hydrogen-bond acceptors (Lipinski definition) is 5. The summed E-state index contributed by atoms with van der Waals surface area (Å²) in [6, 6.07) is 2.06. The zero-order valence-corrected chi connectivity index (χ0v) is 14.7. The van der Waals surface area contributed by atoms with E-state index in [1.54, 1.807) is 13.3 Å². The maximum absolute atomic E-state index is 6.12. The number of hydrogen-bond donors (Lipinski definition) is 0. The molecular formula is C17H26BNO4. The van der Waals surface area contributed by atoms with E-state index in [4.69, 9.17) is 18.8 Å². The Labute approximate surface area is 138 Å². The van der Waals surface area contributed by atoms with E-state index in [1.807, 2.05) is 0 Å². The van der Waals surface area contributed by atoms with Gasteiger partial charge in [0.05, 0.1) is 24.4 Å². The predicted molar refractivity (Wildman–Crippen MR) is 89.0 cm³/mol. The van der Waals surface area contributed by atoms with E-state index in [2.05, 4.69) is 38.7 Å². The van der Waals surface area contributed by atoms with Gasteiger partial charge in [-0.2, -0.15) is 0 Å². The number of rotatable bonds is 3. The van der Waals surface area contributed by atoms with Crippen LogP contribution in [0.1, 0.15) is 58.6 Å². The number of pyridine rings is 1. The summed E-state index contributed by atoms with van der Waals surface area (Å²) in [5.41, 5.74) is 1.17. The molecule has 1 aromatic rings. The van der Waals surface area contributed by atoms with Crippen molar-refractivity contribution in [3.8, 4) is 5.88 Å². The largest absolute Gasteiger partial charge is 0.496 e. The predicted octanol–water partition coefficient (Wildman–Crippen LogP) is 2.63. The van der Waals surface area contributed by atoms with E-state index >= 15 is 0 Å². The molecule has 2 fully saturated rings. The fraction of sp³-hybridized carbons (Fsp3) is 0.706. The Morgan fingerprint density at radius 3 is 2.43 bits per heavy atom. The Bertz CT molecular complexity index is 554. The van der Waals surface area contributed by atoms with Crippen LogP contribution in [0.2, 0.25) is 0 Å². The monoisotopic (exact) mass is 319 g/mol. The van der Waals surface area contributed by atoms with Gasteiger partial charge < -0.3 is 18.8 Å². The normalized spacial score (nSPS) is 26.3. The zero-order valence-electron chi connectivity index (χ0n) is 14.7. The molecule has 0 aliphatic carbocycles. The van der Waals surface area contributed by atoms with Crippen LogP contribution in [-0.4, -0.2) is 37.0 Å². The minimum atomic E-state index is -0.416. The second kappa shape index (κ2) is 6.08. The highest BCUT2D eigenvalue weighted by Crippen LogP contribution is 2.37. The maximum atomic E-state index is 6.12. The van der Waals surface area contributed by atoms with Crippen molar-refractivity contribution in [1.29, 1.82) is 0 Å². The van der Waals surface area contributed by atoms with Crippen LogP contribution in [0.5, 0.6) is 5.88 Å². The van der Waals surface area contributed by atoms with Crippen molar-refractivity contribution in [3.63, 3.8) is 0 Å². The molecule has 0 saturated carbocycles. The lowest BCUT2D eigenvalue weighted by Crippen LogP contribution is -2.41. The molecule has 2 saturated heterocycles. The highest BCUT2D eigenvalue weighted by Gasteiger charge is 2.52. The molecule has 3 rings (SSSR count). The first-order valence-corrected chi connectivity index (χ1v) is 8.35. The summed E-state index contributed by atoms with van der Waals surface area (Å²) in [6.07, 6.45) is 5.07. The van der Waals surface area contributed by atoms with Gasteiger partial charge in [-0.3, -0.25) is 0 Å². The van der Waals surface area contributed by atoms with Crippen LogP contribution in [0.4, 0.5) is 0 Å². The molecule has 0 amide bonds. The van der Waals surface area contributed by atoms with Crippen LogP contribution in [-0.2, 0) is 14.0 Å². The van der Waals surface area contributed by atoms with Crippen LogP contribution in [0.3, 0.4) is 0 Å². The molecule has 2 aliphatic heterocycles. The fourth-order valence-corrected chi connectivity index (χ4v) is 2.98. The van der Waals surface area contributed by atoms with E-state index < -0.39 is 7.12 Å². The van der Waals surface area contributed by atoms with Gasteiger partial charge in [-0.25, -0.2) is 4.98 Å². The first kappa shape index (κ1) is 16.7. The molecule has 0 aromatic carbocycles. The van der Waals surface area contributed by atoms with Crippen LogP contribution in [0.25, 0.3) is 0 Å².